The van der Waals surface area contributed by atoms with Crippen molar-refractivity contribution in [2.24, 2.45) is 5.92 Å². The number of nitrogens with one attached hydrogen (secondary N) is 1. The topological polar surface area (TPSA) is 124 Å². The number of hydrogen-bond donors (Lipinski definition) is 4. The first-order valence-corrected chi connectivity index (χ1v) is 6.13. The van der Waals surface area contributed by atoms with Crippen molar-refractivity contribution in [3.05, 3.63) is 12.0 Å². The van der Waals surface area contributed by atoms with E-state index in [9.17, 15) is 5.11 Å². The molecule has 8 nitrogen and oxygen atoms in total. The molecule has 3 heterocycles. The zero-order chi connectivity index (χ0) is 13.4. The van der Waals surface area contributed by atoms with E-state index in [1.54, 1.807) is 0 Å². The normalized spacial score (nSPS) is 24.3. The van der Waals surface area contributed by atoms with E-state index in [4.69, 9.17) is 10.8 Å². The van der Waals surface area contributed by atoms with Crippen LogP contribution in [0, 0.1) is 5.92 Å². The molecular weight excluding hydrogens is 248 g/mol. The molecule has 0 aliphatic carbocycles. The molecule has 2 aromatic rings. The number of nitrogens with two attached hydrogens (primary N) is 1. The van der Waals surface area contributed by atoms with Crippen molar-refractivity contribution < 1.29 is 10.2 Å². The van der Waals surface area contributed by atoms with E-state index in [1.165, 1.54) is 6.33 Å². The van der Waals surface area contributed by atoms with Crippen LogP contribution in [0.15, 0.2) is 6.33 Å². The predicted molar refractivity (Wildman–Crippen MR) is 68.0 cm³/mol. The van der Waals surface area contributed by atoms with Gasteiger partial charge in [-0.3, -0.25) is 10.00 Å². The van der Waals surface area contributed by atoms with E-state index < -0.39 is 6.10 Å². The van der Waals surface area contributed by atoms with E-state index >= 15 is 0 Å². The maximum atomic E-state index is 9.77. The van der Waals surface area contributed by atoms with Crippen molar-refractivity contribution in [3.63, 3.8) is 0 Å². The average molecular weight is 264 g/mol. The maximum Gasteiger partial charge on any atom is 0.155 e. The molecule has 0 aromatic carbocycles. The van der Waals surface area contributed by atoms with Gasteiger partial charge in [0.2, 0.25) is 0 Å². The molecule has 19 heavy (non-hydrogen) atoms. The fourth-order valence-electron chi connectivity index (χ4n) is 2.48. The van der Waals surface area contributed by atoms with Gasteiger partial charge in [-0.1, -0.05) is 0 Å². The standard InChI is InChI=1S/C11H16N6O2/c12-11-10-9(13-5-14-11)7(15-16-10)2-17-1-6(4-18)8(19)3-17/h5-6,8,18-19H,1-4H2,(H,15,16)(H2,12,13,14)/t6-,8-/m1/s1. The zero-order valence-electron chi connectivity index (χ0n) is 10.3. The van der Waals surface area contributed by atoms with Crippen LogP contribution in [-0.2, 0) is 6.54 Å². The Morgan fingerprint density at radius 3 is 2.95 bits per heavy atom. The monoisotopic (exact) mass is 264 g/mol. The minimum Gasteiger partial charge on any atom is -0.396 e. The van der Waals surface area contributed by atoms with Crippen LogP contribution in [0.1, 0.15) is 5.69 Å². The first kappa shape index (κ1) is 12.3. The Labute approximate surface area is 109 Å². The van der Waals surface area contributed by atoms with E-state index in [2.05, 4.69) is 25.1 Å². The molecule has 0 amide bonds. The van der Waals surface area contributed by atoms with Crippen molar-refractivity contribution >= 4 is 16.9 Å². The molecule has 0 bridgehead atoms. The molecule has 3 rings (SSSR count). The molecule has 1 saturated heterocycles. The summed E-state index contributed by atoms with van der Waals surface area (Å²) in [5.74, 6) is 0.260. The number of hydrogen-bond acceptors (Lipinski definition) is 7. The van der Waals surface area contributed by atoms with Gasteiger partial charge in [0.05, 0.1) is 11.8 Å². The van der Waals surface area contributed by atoms with Crippen LogP contribution >= 0.6 is 0 Å². The number of rotatable bonds is 3. The lowest BCUT2D eigenvalue weighted by molar-refractivity contribution is 0.103. The molecule has 1 aliphatic heterocycles. The highest BCUT2D eigenvalue weighted by Crippen LogP contribution is 2.22. The summed E-state index contributed by atoms with van der Waals surface area (Å²) in [6.45, 7) is 1.77. The van der Waals surface area contributed by atoms with Crippen molar-refractivity contribution in [2.45, 2.75) is 12.6 Å². The van der Waals surface area contributed by atoms with Crippen LogP contribution in [0.25, 0.3) is 11.0 Å². The minimum absolute atomic E-state index is 0.00346. The number of fused-ring (bicyclic) bond motifs is 1. The number of aliphatic hydroxyl groups is 2. The summed E-state index contributed by atoms with van der Waals surface area (Å²) in [5, 5.41) is 25.9. The quantitative estimate of drug-likeness (QED) is 0.544. The highest BCUT2D eigenvalue weighted by molar-refractivity contribution is 5.85. The second-order valence-corrected chi connectivity index (χ2v) is 4.86. The summed E-state index contributed by atoms with van der Waals surface area (Å²) in [6, 6.07) is 0. The number of aromatic amines is 1. The van der Waals surface area contributed by atoms with Crippen LogP contribution in [-0.4, -0.2) is 61.1 Å². The highest BCUT2D eigenvalue weighted by Gasteiger charge is 2.31. The third kappa shape index (κ3) is 2.14. The first-order valence-electron chi connectivity index (χ1n) is 6.13. The maximum absolute atomic E-state index is 9.77. The van der Waals surface area contributed by atoms with Gasteiger partial charge in [0.25, 0.3) is 0 Å². The lowest BCUT2D eigenvalue weighted by Crippen LogP contribution is -2.21. The fourth-order valence-corrected chi connectivity index (χ4v) is 2.48. The zero-order valence-corrected chi connectivity index (χ0v) is 10.3. The molecule has 2 atom stereocenters. The van der Waals surface area contributed by atoms with Gasteiger partial charge < -0.3 is 15.9 Å². The number of likely N-dealkylation sites (tertiary alicyclic amines) is 1. The van der Waals surface area contributed by atoms with E-state index in [0.29, 0.717) is 36.5 Å². The molecule has 0 radical (unpaired) electrons. The van der Waals surface area contributed by atoms with Crippen LogP contribution in [0.3, 0.4) is 0 Å². The summed E-state index contributed by atoms with van der Waals surface area (Å²) in [6.07, 6.45) is 0.922. The van der Waals surface area contributed by atoms with Crippen LogP contribution in [0.4, 0.5) is 5.82 Å². The predicted octanol–water partition coefficient (Wildman–Crippen LogP) is -1.28. The second-order valence-electron chi connectivity index (χ2n) is 4.86. The summed E-state index contributed by atoms with van der Waals surface area (Å²) >= 11 is 0. The molecule has 0 saturated carbocycles. The smallest absolute Gasteiger partial charge is 0.155 e. The summed E-state index contributed by atoms with van der Waals surface area (Å²) in [7, 11) is 0. The number of anilines is 1. The number of aromatic nitrogens is 4. The molecule has 0 unspecified atom stereocenters. The van der Waals surface area contributed by atoms with E-state index in [0.717, 1.165) is 5.69 Å². The van der Waals surface area contributed by atoms with Crippen molar-refractivity contribution in [2.75, 3.05) is 25.4 Å². The molecule has 1 fully saturated rings. The SMILES string of the molecule is Nc1ncnc2c(CN3C[C@H](CO)[C@H](O)C3)[nH]nc12. The number of nitrogen functional groups attached to an aromatic ring is 1. The van der Waals surface area contributed by atoms with Crippen LogP contribution in [0.5, 0.6) is 0 Å². The Morgan fingerprint density at radius 2 is 2.21 bits per heavy atom. The lowest BCUT2D eigenvalue weighted by Gasteiger charge is -2.13. The van der Waals surface area contributed by atoms with Gasteiger partial charge in [0.1, 0.15) is 11.8 Å². The van der Waals surface area contributed by atoms with Gasteiger partial charge in [0, 0.05) is 32.2 Å². The molecule has 8 heteroatoms. The van der Waals surface area contributed by atoms with Crippen molar-refractivity contribution in [3.8, 4) is 0 Å². The Bertz CT molecular complexity index is 586. The van der Waals surface area contributed by atoms with Gasteiger partial charge in [-0.05, 0) is 0 Å². The Balaban J connectivity index is 1.81. The Hall–Kier alpha value is -1.77. The van der Waals surface area contributed by atoms with Gasteiger partial charge in [-0.25, -0.2) is 9.97 Å². The number of aliphatic hydroxyl groups excluding tert-OH is 2. The highest BCUT2D eigenvalue weighted by atomic mass is 16.3. The van der Waals surface area contributed by atoms with Crippen molar-refractivity contribution in [1.82, 2.24) is 25.1 Å². The third-order valence-corrected chi connectivity index (χ3v) is 3.54. The van der Waals surface area contributed by atoms with E-state index in [1.807, 2.05) is 0 Å². The third-order valence-electron chi connectivity index (χ3n) is 3.54. The molecule has 1 aliphatic rings. The summed E-state index contributed by atoms with van der Waals surface area (Å²) in [4.78, 5) is 10.1. The molecule has 2 aromatic heterocycles. The first-order chi connectivity index (χ1) is 9.19. The summed E-state index contributed by atoms with van der Waals surface area (Å²) in [5.41, 5.74) is 7.83. The van der Waals surface area contributed by atoms with Crippen LogP contribution < -0.4 is 5.73 Å². The largest absolute Gasteiger partial charge is 0.396 e. The second kappa shape index (κ2) is 4.72. The molecule has 102 valence electrons. The van der Waals surface area contributed by atoms with Crippen molar-refractivity contribution in [1.29, 1.82) is 0 Å². The average Bonchev–Trinajstić information content (AvgIpc) is 2.95. The Morgan fingerprint density at radius 1 is 1.37 bits per heavy atom. The van der Waals surface area contributed by atoms with Gasteiger partial charge >= 0.3 is 0 Å². The lowest BCUT2D eigenvalue weighted by atomic mass is 10.1. The van der Waals surface area contributed by atoms with Gasteiger partial charge in [0.15, 0.2) is 11.3 Å². The van der Waals surface area contributed by atoms with Gasteiger partial charge in [-0.15, -0.1) is 0 Å². The fraction of sp³-hybridized carbons (Fsp3) is 0.545. The molecule has 5 N–H and O–H groups in total. The molecule has 0 spiro atoms. The summed E-state index contributed by atoms with van der Waals surface area (Å²) < 4.78 is 0. The van der Waals surface area contributed by atoms with Gasteiger partial charge in [-0.2, -0.15) is 5.10 Å². The van der Waals surface area contributed by atoms with Crippen LogP contribution in [0.2, 0.25) is 0 Å². The minimum atomic E-state index is -0.487. The number of nitrogens with zero attached hydrogens (tertiary/aromatic N) is 4. The molecular formula is C11H16N6O2. The number of β-amino-alcohol motifs (C(OH)–C–C–N with tert-alkyl or cyclic N) is 1. The van der Waals surface area contributed by atoms with E-state index in [-0.39, 0.29) is 12.5 Å². The Kier molecular flexibility index (Phi) is 3.05. The number of H-pyrrole nitrogens is 1.